The number of rotatable bonds is 2. The van der Waals surface area contributed by atoms with Crippen LogP contribution in [-0.2, 0) is 7.05 Å². The lowest BCUT2D eigenvalue weighted by atomic mass is 10.2. The average molecular weight is 245 g/mol. The van der Waals surface area contributed by atoms with Crippen LogP contribution in [0, 0.1) is 31.0 Å². The van der Waals surface area contributed by atoms with Crippen LogP contribution in [0.15, 0.2) is 18.2 Å². The highest BCUT2D eigenvalue weighted by Crippen LogP contribution is 2.27. The lowest BCUT2D eigenvalue weighted by Gasteiger charge is -2.06. The first-order valence-electron chi connectivity index (χ1n) is 5.40. The number of nitriles is 1. The van der Waals surface area contributed by atoms with Crippen LogP contribution in [0.3, 0.4) is 0 Å². The third-order valence-corrected chi connectivity index (χ3v) is 2.64. The molecule has 4 nitrogen and oxygen atoms in total. The average Bonchev–Trinajstić information content (AvgIpc) is 2.58. The first-order chi connectivity index (χ1) is 8.52. The zero-order valence-corrected chi connectivity index (χ0v) is 10.4. The third kappa shape index (κ3) is 2.05. The van der Waals surface area contributed by atoms with Gasteiger partial charge in [-0.2, -0.15) is 10.4 Å². The second-order valence-corrected chi connectivity index (χ2v) is 4.01. The quantitative estimate of drug-likeness (QED) is 0.817. The van der Waals surface area contributed by atoms with Gasteiger partial charge < -0.3 is 4.74 Å². The molecule has 2 rings (SSSR count). The van der Waals surface area contributed by atoms with E-state index in [1.54, 1.807) is 33.0 Å². The topological polar surface area (TPSA) is 50.8 Å². The molecule has 0 bridgehead atoms. The van der Waals surface area contributed by atoms with Gasteiger partial charge in [0.25, 0.3) is 0 Å². The normalized spacial score (nSPS) is 10.2. The van der Waals surface area contributed by atoms with Crippen molar-refractivity contribution < 1.29 is 9.13 Å². The van der Waals surface area contributed by atoms with Gasteiger partial charge in [-0.25, -0.2) is 9.07 Å². The summed E-state index contributed by atoms with van der Waals surface area (Å²) in [5.74, 6) is 0.320. The van der Waals surface area contributed by atoms with E-state index in [0.29, 0.717) is 28.5 Å². The molecule has 1 aromatic heterocycles. The number of halogens is 1. The van der Waals surface area contributed by atoms with Crippen molar-refractivity contribution in [3.63, 3.8) is 0 Å². The van der Waals surface area contributed by atoms with Crippen molar-refractivity contribution in [1.82, 2.24) is 9.78 Å². The van der Waals surface area contributed by atoms with Crippen LogP contribution >= 0.6 is 0 Å². The van der Waals surface area contributed by atoms with E-state index in [2.05, 4.69) is 5.10 Å². The lowest BCUT2D eigenvalue weighted by Crippen LogP contribution is -1.96. The molecular weight excluding hydrogens is 233 g/mol. The fraction of sp³-hybridized carbons (Fsp3) is 0.231. The Bertz CT molecular complexity index is 640. The van der Waals surface area contributed by atoms with Gasteiger partial charge >= 0.3 is 0 Å². The Labute approximate surface area is 104 Å². The second-order valence-electron chi connectivity index (χ2n) is 4.01. The molecule has 0 atom stereocenters. The maximum Gasteiger partial charge on any atom is 0.235 e. The van der Waals surface area contributed by atoms with E-state index < -0.39 is 0 Å². The molecule has 0 saturated heterocycles. The lowest BCUT2D eigenvalue weighted by molar-refractivity contribution is 0.426. The van der Waals surface area contributed by atoms with Gasteiger partial charge in [0.15, 0.2) is 0 Å². The highest BCUT2D eigenvalue weighted by atomic mass is 19.1. The predicted octanol–water partition coefficient (Wildman–Crippen LogP) is 2.84. The zero-order valence-electron chi connectivity index (χ0n) is 10.4. The highest BCUT2D eigenvalue weighted by molar-refractivity contribution is 5.44. The first-order valence-corrected chi connectivity index (χ1v) is 5.40. The standard InChI is InChI=1S/C13H12FN3O/c1-8-4-5-10(6-12(8)14)18-13-11(7-15)9(2)16-17(13)3/h4-6H,1-3H3. The first kappa shape index (κ1) is 12.1. The van der Waals surface area contributed by atoms with Gasteiger partial charge in [0.1, 0.15) is 23.2 Å². The predicted molar refractivity (Wildman–Crippen MR) is 63.9 cm³/mol. The third-order valence-electron chi connectivity index (χ3n) is 2.64. The number of aryl methyl sites for hydroxylation is 3. The molecule has 0 unspecified atom stereocenters. The summed E-state index contributed by atoms with van der Waals surface area (Å²) in [7, 11) is 1.67. The van der Waals surface area contributed by atoms with Crippen molar-refractivity contribution in [2.24, 2.45) is 7.05 Å². The van der Waals surface area contributed by atoms with E-state index in [4.69, 9.17) is 10.00 Å². The second kappa shape index (κ2) is 4.49. The molecule has 0 aliphatic carbocycles. The largest absolute Gasteiger partial charge is 0.438 e. The smallest absolute Gasteiger partial charge is 0.235 e. The van der Waals surface area contributed by atoms with E-state index in [1.165, 1.54) is 10.7 Å². The van der Waals surface area contributed by atoms with Crippen molar-refractivity contribution in [1.29, 1.82) is 5.26 Å². The molecule has 2 aromatic rings. The maximum atomic E-state index is 13.4. The van der Waals surface area contributed by atoms with Crippen molar-refractivity contribution in [2.45, 2.75) is 13.8 Å². The molecule has 1 heterocycles. The Morgan fingerprint density at radius 1 is 1.39 bits per heavy atom. The Morgan fingerprint density at radius 2 is 2.11 bits per heavy atom. The minimum absolute atomic E-state index is 0.318. The molecule has 1 aromatic carbocycles. The fourth-order valence-electron chi connectivity index (χ4n) is 1.63. The highest BCUT2D eigenvalue weighted by Gasteiger charge is 2.15. The summed E-state index contributed by atoms with van der Waals surface area (Å²) in [6.07, 6.45) is 0. The van der Waals surface area contributed by atoms with E-state index in [1.807, 2.05) is 6.07 Å². The van der Waals surface area contributed by atoms with Gasteiger partial charge in [-0.1, -0.05) is 6.07 Å². The van der Waals surface area contributed by atoms with Gasteiger partial charge in [0.05, 0.1) is 5.69 Å². The van der Waals surface area contributed by atoms with Crippen LogP contribution in [0.25, 0.3) is 0 Å². The van der Waals surface area contributed by atoms with Crippen molar-refractivity contribution in [2.75, 3.05) is 0 Å². The molecule has 0 spiro atoms. The minimum Gasteiger partial charge on any atom is -0.438 e. The monoisotopic (exact) mass is 245 g/mol. The number of benzene rings is 1. The number of aromatic nitrogens is 2. The Hall–Kier alpha value is -2.35. The van der Waals surface area contributed by atoms with Gasteiger partial charge in [-0.05, 0) is 25.5 Å². The van der Waals surface area contributed by atoms with Gasteiger partial charge in [-0.3, -0.25) is 0 Å². The molecule has 0 radical (unpaired) electrons. The van der Waals surface area contributed by atoms with Crippen molar-refractivity contribution >= 4 is 0 Å². The van der Waals surface area contributed by atoms with Crippen LogP contribution < -0.4 is 4.74 Å². The van der Waals surface area contributed by atoms with E-state index in [9.17, 15) is 4.39 Å². The summed E-state index contributed by atoms with van der Waals surface area (Å²) >= 11 is 0. The van der Waals surface area contributed by atoms with Crippen LogP contribution in [0.4, 0.5) is 4.39 Å². The summed E-state index contributed by atoms with van der Waals surface area (Å²) in [6.45, 7) is 3.40. The van der Waals surface area contributed by atoms with Gasteiger partial charge in [0.2, 0.25) is 5.88 Å². The van der Waals surface area contributed by atoms with Gasteiger partial charge in [0, 0.05) is 13.1 Å². The van der Waals surface area contributed by atoms with E-state index in [-0.39, 0.29) is 5.82 Å². The van der Waals surface area contributed by atoms with Crippen molar-refractivity contribution in [3.05, 3.63) is 40.8 Å². The zero-order chi connectivity index (χ0) is 13.3. The van der Waals surface area contributed by atoms with Crippen LogP contribution in [0.1, 0.15) is 16.8 Å². The van der Waals surface area contributed by atoms with Crippen LogP contribution in [0.5, 0.6) is 11.6 Å². The molecule has 0 amide bonds. The molecule has 5 heteroatoms. The van der Waals surface area contributed by atoms with Gasteiger partial charge in [-0.15, -0.1) is 0 Å². The van der Waals surface area contributed by atoms with Crippen LogP contribution in [-0.4, -0.2) is 9.78 Å². The Balaban J connectivity index is 2.40. The Kier molecular flexibility index (Phi) is 3.02. The minimum atomic E-state index is -0.343. The summed E-state index contributed by atoms with van der Waals surface area (Å²) in [4.78, 5) is 0. The number of hydrogen-bond acceptors (Lipinski definition) is 3. The van der Waals surface area contributed by atoms with E-state index >= 15 is 0 Å². The molecule has 0 aliphatic heterocycles. The SMILES string of the molecule is Cc1ccc(Oc2c(C#N)c(C)nn2C)cc1F. The van der Waals surface area contributed by atoms with E-state index in [0.717, 1.165) is 0 Å². The Morgan fingerprint density at radius 3 is 2.72 bits per heavy atom. The molecular formula is C13H12FN3O. The maximum absolute atomic E-state index is 13.4. The van der Waals surface area contributed by atoms with Crippen molar-refractivity contribution in [3.8, 4) is 17.7 Å². The molecule has 0 aliphatic rings. The molecule has 0 N–H and O–H groups in total. The molecule has 92 valence electrons. The number of nitrogens with zero attached hydrogens (tertiary/aromatic N) is 3. The summed E-state index contributed by atoms with van der Waals surface area (Å²) in [6, 6.07) is 6.60. The molecule has 0 saturated carbocycles. The summed E-state index contributed by atoms with van der Waals surface area (Å²) in [5.41, 5.74) is 1.49. The van der Waals surface area contributed by atoms with Crippen LogP contribution in [0.2, 0.25) is 0 Å². The molecule has 18 heavy (non-hydrogen) atoms. The molecule has 0 fully saturated rings. The number of hydrogen-bond donors (Lipinski definition) is 0. The number of ether oxygens (including phenoxy) is 1. The summed E-state index contributed by atoms with van der Waals surface area (Å²) in [5, 5.41) is 13.1. The fourth-order valence-corrected chi connectivity index (χ4v) is 1.63. The summed E-state index contributed by atoms with van der Waals surface area (Å²) < 4.78 is 20.4.